The second kappa shape index (κ2) is 7.25. The molecule has 110 valence electrons. The van der Waals surface area contributed by atoms with Crippen LogP contribution in [0.5, 0.6) is 0 Å². The third-order valence-corrected chi connectivity index (χ3v) is 3.62. The molecule has 0 fully saturated rings. The lowest BCUT2D eigenvalue weighted by molar-refractivity contribution is -0.123. The minimum absolute atomic E-state index is 0.0352. The zero-order valence-corrected chi connectivity index (χ0v) is 12.6. The van der Waals surface area contributed by atoms with Crippen LogP contribution in [0.4, 0.5) is 0 Å². The minimum Gasteiger partial charge on any atom is -0.388 e. The molecule has 1 amide bonds. The zero-order chi connectivity index (χ0) is 15.2. The van der Waals surface area contributed by atoms with Crippen molar-refractivity contribution >= 4 is 17.5 Å². The van der Waals surface area contributed by atoms with Crippen LogP contribution in [0.1, 0.15) is 29.2 Å². The first kappa shape index (κ1) is 15.5. The van der Waals surface area contributed by atoms with E-state index in [1.54, 1.807) is 24.3 Å². The molecule has 1 atom stereocenters. The van der Waals surface area contributed by atoms with Crippen LogP contribution in [-0.4, -0.2) is 11.0 Å². The lowest BCUT2D eigenvalue weighted by Crippen LogP contribution is -2.24. The van der Waals surface area contributed by atoms with Crippen molar-refractivity contribution in [3.8, 4) is 0 Å². The lowest BCUT2D eigenvalue weighted by atomic mass is 10.1. The molecule has 3 nitrogen and oxygen atoms in total. The van der Waals surface area contributed by atoms with Crippen molar-refractivity contribution < 1.29 is 9.90 Å². The van der Waals surface area contributed by atoms with E-state index in [1.807, 2.05) is 31.2 Å². The molecule has 0 aliphatic heterocycles. The normalized spacial score (nSPS) is 12.0. The standard InChI is InChI=1S/C17H18ClNO2/c1-12-4-2-3-5-14(12)11-19-17(21)10-16(20)13-6-8-15(18)9-7-13/h2-9,16,20H,10-11H2,1H3,(H,19,21). The zero-order valence-electron chi connectivity index (χ0n) is 11.8. The van der Waals surface area contributed by atoms with E-state index >= 15 is 0 Å². The van der Waals surface area contributed by atoms with Gasteiger partial charge in [-0.25, -0.2) is 0 Å². The van der Waals surface area contributed by atoms with Gasteiger partial charge in [-0.3, -0.25) is 4.79 Å². The fourth-order valence-electron chi connectivity index (χ4n) is 2.05. The fraction of sp³-hybridized carbons (Fsp3) is 0.235. The number of aliphatic hydroxyl groups excluding tert-OH is 1. The van der Waals surface area contributed by atoms with Crippen LogP contribution in [0.2, 0.25) is 5.02 Å². The second-order valence-corrected chi connectivity index (χ2v) is 5.41. The monoisotopic (exact) mass is 303 g/mol. The number of rotatable bonds is 5. The van der Waals surface area contributed by atoms with Gasteiger partial charge in [0, 0.05) is 11.6 Å². The summed E-state index contributed by atoms with van der Waals surface area (Å²) < 4.78 is 0. The predicted octanol–water partition coefficient (Wildman–Crippen LogP) is 3.39. The Hall–Kier alpha value is -1.84. The Morgan fingerprint density at radius 3 is 2.52 bits per heavy atom. The van der Waals surface area contributed by atoms with Crippen LogP contribution < -0.4 is 5.32 Å². The predicted molar refractivity (Wildman–Crippen MR) is 84.1 cm³/mol. The van der Waals surface area contributed by atoms with E-state index in [0.29, 0.717) is 17.1 Å². The SMILES string of the molecule is Cc1ccccc1CNC(=O)CC(O)c1ccc(Cl)cc1. The van der Waals surface area contributed by atoms with Gasteiger partial charge in [0.25, 0.3) is 0 Å². The maximum absolute atomic E-state index is 11.9. The van der Waals surface area contributed by atoms with E-state index in [0.717, 1.165) is 11.1 Å². The number of hydrogen-bond acceptors (Lipinski definition) is 2. The van der Waals surface area contributed by atoms with Gasteiger partial charge >= 0.3 is 0 Å². The van der Waals surface area contributed by atoms with Gasteiger partial charge in [0.1, 0.15) is 0 Å². The maximum atomic E-state index is 11.9. The molecule has 1 unspecified atom stereocenters. The lowest BCUT2D eigenvalue weighted by Gasteiger charge is -2.12. The molecule has 4 heteroatoms. The van der Waals surface area contributed by atoms with Crippen molar-refractivity contribution in [2.75, 3.05) is 0 Å². The first-order valence-electron chi connectivity index (χ1n) is 6.81. The number of hydrogen-bond donors (Lipinski definition) is 2. The summed E-state index contributed by atoms with van der Waals surface area (Å²) in [5, 5.41) is 13.5. The number of amides is 1. The van der Waals surface area contributed by atoms with Crippen molar-refractivity contribution in [1.82, 2.24) is 5.32 Å². The Morgan fingerprint density at radius 2 is 1.86 bits per heavy atom. The highest BCUT2D eigenvalue weighted by molar-refractivity contribution is 6.30. The fourth-order valence-corrected chi connectivity index (χ4v) is 2.18. The van der Waals surface area contributed by atoms with Gasteiger partial charge in [0.05, 0.1) is 12.5 Å². The summed E-state index contributed by atoms with van der Waals surface area (Å²) in [7, 11) is 0. The molecule has 0 aliphatic rings. The molecule has 0 aromatic heterocycles. The number of benzene rings is 2. The molecular formula is C17H18ClNO2. The smallest absolute Gasteiger partial charge is 0.223 e. The molecule has 0 saturated heterocycles. The van der Waals surface area contributed by atoms with Gasteiger partial charge in [-0.1, -0.05) is 48.0 Å². The molecule has 0 spiro atoms. The highest BCUT2D eigenvalue weighted by Crippen LogP contribution is 2.19. The largest absolute Gasteiger partial charge is 0.388 e. The Balaban J connectivity index is 1.87. The van der Waals surface area contributed by atoms with Crippen molar-refractivity contribution in [3.63, 3.8) is 0 Å². The maximum Gasteiger partial charge on any atom is 0.223 e. The number of aliphatic hydroxyl groups is 1. The Bertz CT molecular complexity index is 610. The van der Waals surface area contributed by atoms with E-state index < -0.39 is 6.10 Å². The number of halogens is 1. The second-order valence-electron chi connectivity index (χ2n) is 4.97. The van der Waals surface area contributed by atoms with Gasteiger partial charge in [0.2, 0.25) is 5.91 Å². The third kappa shape index (κ3) is 4.59. The average molecular weight is 304 g/mol. The number of carbonyl (C=O) groups excluding carboxylic acids is 1. The average Bonchev–Trinajstić information content (AvgIpc) is 2.47. The summed E-state index contributed by atoms with van der Waals surface area (Å²) in [6, 6.07) is 14.7. The quantitative estimate of drug-likeness (QED) is 0.889. The number of nitrogens with one attached hydrogen (secondary N) is 1. The summed E-state index contributed by atoms with van der Waals surface area (Å²) in [4.78, 5) is 11.9. The van der Waals surface area contributed by atoms with Crippen LogP contribution in [0.3, 0.4) is 0 Å². The third-order valence-electron chi connectivity index (χ3n) is 3.37. The van der Waals surface area contributed by atoms with Crippen molar-refractivity contribution in [2.45, 2.75) is 26.0 Å². The summed E-state index contributed by atoms with van der Waals surface area (Å²) in [5.74, 6) is -0.180. The van der Waals surface area contributed by atoms with Crippen LogP contribution >= 0.6 is 11.6 Å². The first-order valence-corrected chi connectivity index (χ1v) is 7.19. The Labute approximate surface area is 129 Å². The molecule has 2 aromatic rings. The molecule has 0 heterocycles. The van der Waals surface area contributed by atoms with Gasteiger partial charge in [-0.15, -0.1) is 0 Å². The molecule has 0 aliphatic carbocycles. The summed E-state index contributed by atoms with van der Waals surface area (Å²) in [6.45, 7) is 2.48. The number of carbonyl (C=O) groups is 1. The van der Waals surface area contributed by atoms with Crippen molar-refractivity contribution in [2.24, 2.45) is 0 Å². The summed E-state index contributed by atoms with van der Waals surface area (Å²) in [6.07, 6.45) is -0.785. The van der Waals surface area contributed by atoms with Gasteiger partial charge < -0.3 is 10.4 Å². The molecule has 21 heavy (non-hydrogen) atoms. The highest BCUT2D eigenvalue weighted by atomic mass is 35.5. The molecule has 0 saturated carbocycles. The molecule has 0 radical (unpaired) electrons. The summed E-state index contributed by atoms with van der Waals surface area (Å²) in [5.41, 5.74) is 2.90. The van der Waals surface area contributed by atoms with Gasteiger partial charge in [0.15, 0.2) is 0 Å². The van der Waals surface area contributed by atoms with Crippen LogP contribution in [-0.2, 0) is 11.3 Å². The van der Waals surface area contributed by atoms with Crippen molar-refractivity contribution in [3.05, 3.63) is 70.2 Å². The highest BCUT2D eigenvalue weighted by Gasteiger charge is 2.13. The molecule has 2 aromatic carbocycles. The molecule has 2 rings (SSSR count). The van der Waals surface area contributed by atoms with E-state index in [-0.39, 0.29) is 12.3 Å². The Morgan fingerprint density at radius 1 is 1.19 bits per heavy atom. The number of aryl methyl sites for hydroxylation is 1. The van der Waals surface area contributed by atoms with E-state index in [4.69, 9.17) is 11.6 Å². The van der Waals surface area contributed by atoms with E-state index in [1.165, 1.54) is 0 Å². The molecule has 0 bridgehead atoms. The first-order chi connectivity index (χ1) is 10.1. The van der Waals surface area contributed by atoms with Crippen molar-refractivity contribution in [1.29, 1.82) is 0 Å². The van der Waals surface area contributed by atoms with Gasteiger partial charge in [-0.2, -0.15) is 0 Å². The molecule has 2 N–H and O–H groups in total. The van der Waals surface area contributed by atoms with Crippen LogP contribution in [0, 0.1) is 6.92 Å². The molecular weight excluding hydrogens is 286 g/mol. The topological polar surface area (TPSA) is 49.3 Å². The Kier molecular flexibility index (Phi) is 5.37. The van der Waals surface area contributed by atoms with E-state index in [9.17, 15) is 9.90 Å². The van der Waals surface area contributed by atoms with Crippen LogP contribution in [0.25, 0.3) is 0 Å². The van der Waals surface area contributed by atoms with Crippen LogP contribution in [0.15, 0.2) is 48.5 Å². The van der Waals surface area contributed by atoms with E-state index in [2.05, 4.69) is 5.32 Å². The minimum atomic E-state index is -0.820. The van der Waals surface area contributed by atoms with Gasteiger partial charge in [-0.05, 0) is 35.7 Å². The summed E-state index contributed by atoms with van der Waals surface area (Å²) >= 11 is 5.79.